The standard InChI is InChI=1S/C18H28N4O6/c1-6-26-16(24)11(2)27-10-19-15(23)14-12-9-22(8-7-13(12)20-21-14)17(25)28-18(3,4)5/h11H,6-10H2,1-5H3,(H,19,23)(H,20,21). The predicted molar refractivity (Wildman–Crippen MR) is 98.4 cm³/mol. The Bertz CT molecular complexity index is 724. The van der Waals surface area contributed by atoms with Crippen LogP contribution in [-0.2, 0) is 32.0 Å². The number of fused-ring (bicyclic) bond motifs is 1. The van der Waals surface area contributed by atoms with Gasteiger partial charge in [-0.3, -0.25) is 9.89 Å². The SMILES string of the molecule is CCOC(=O)C(C)OCNC(=O)c1n[nH]c2c1CN(C(=O)OC(C)(C)C)CC2. The monoisotopic (exact) mass is 396 g/mol. The number of aromatic amines is 1. The van der Waals surface area contributed by atoms with E-state index in [2.05, 4.69) is 15.5 Å². The van der Waals surface area contributed by atoms with E-state index in [1.54, 1.807) is 39.5 Å². The molecule has 2 rings (SSSR count). The third-order valence-corrected chi connectivity index (χ3v) is 3.98. The maximum Gasteiger partial charge on any atom is 0.410 e. The van der Waals surface area contributed by atoms with Crippen LogP contribution < -0.4 is 5.32 Å². The number of carbonyl (C=O) groups excluding carboxylic acids is 3. The first-order valence-corrected chi connectivity index (χ1v) is 9.22. The quantitative estimate of drug-likeness (QED) is 0.550. The van der Waals surface area contributed by atoms with Crippen LogP contribution in [0.5, 0.6) is 0 Å². The Morgan fingerprint density at radius 3 is 2.68 bits per heavy atom. The van der Waals surface area contributed by atoms with Gasteiger partial charge in [0.15, 0.2) is 11.8 Å². The molecule has 2 amide bonds. The number of ether oxygens (including phenoxy) is 3. The summed E-state index contributed by atoms with van der Waals surface area (Å²) in [6, 6.07) is 0. The van der Waals surface area contributed by atoms with Crippen LogP contribution in [0.2, 0.25) is 0 Å². The van der Waals surface area contributed by atoms with Crippen LogP contribution in [0.25, 0.3) is 0 Å². The Morgan fingerprint density at radius 1 is 1.32 bits per heavy atom. The van der Waals surface area contributed by atoms with Crippen molar-refractivity contribution < 1.29 is 28.6 Å². The van der Waals surface area contributed by atoms with Gasteiger partial charge in [0.2, 0.25) is 0 Å². The van der Waals surface area contributed by atoms with Crippen molar-refractivity contribution in [3.05, 3.63) is 17.0 Å². The van der Waals surface area contributed by atoms with Gasteiger partial charge in [-0.05, 0) is 34.6 Å². The number of rotatable bonds is 6. The van der Waals surface area contributed by atoms with Gasteiger partial charge in [-0.25, -0.2) is 9.59 Å². The van der Waals surface area contributed by atoms with E-state index >= 15 is 0 Å². The van der Waals surface area contributed by atoms with Gasteiger partial charge >= 0.3 is 12.1 Å². The molecule has 0 aliphatic carbocycles. The van der Waals surface area contributed by atoms with Crippen LogP contribution in [0.1, 0.15) is 56.4 Å². The zero-order valence-corrected chi connectivity index (χ0v) is 17.0. The van der Waals surface area contributed by atoms with Crippen molar-refractivity contribution in [2.75, 3.05) is 19.9 Å². The van der Waals surface area contributed by atoms with Crippen LogP contribution in [0, 0.1) is 0 Å². The molecule has 10 nitrogen and oxygen atoms in total. The average Bonchev–Trinajstić information content (AvgIpc) is 3.03. The first kappa shape index (κ1) is 21.7. The van der Waals surface area contributed by atoms with Crippen molar-refractivity contribution in [2.24, 2.45) is 0 Å². The van der Waals surface area contributed by atoms with E-state index < -0.39 is 29.7 Å². The van der Waals surface area contributed by atoms with Crippen LogP contribution in [-0.4, -0.2) is 64.7 Å². The van der Waals surface area contributed by atoms with Crippen LogP contribution in [0.4, 0.5) is 4.79 Å². The summed E-state index contributed by atoms with van der Waals surface area (Å²) < 4.78 is 15.5. The average molecular weight is 396 g/mol. The van der Waals surface area contributed by atoms with Crippen LogP contribution in [0.15, 0.2) is 0 Å². The largest absolute Gasteiger partial charge is 0.464 e. The molecule has 1 atom stereocenters. The molecule has 28 heavy (non-hydrogen) atoms. The normalized spacial score (nSPS) is 14.8. The molecular weight excluding hydrogens is 368 g/mol. The molecule has 0 saturated heterocycles. The second-order valence-electron chi connectivity index (χ2n) is 7.39. The first-order chi connectivity index (χ1) is 13.1. The van der Waals surface area contributed by atoms with Crippen molar-refractivity contribution in [2.45, 2.75) is 59.3 Å². The van der Waals surface area contributed by atoms with Crippen LogP contribution in [0.3, 0.4) is 0 Å². The number of aromatic nitrogens is 2. The summed E-state index contributed by atoms with van der Waals surface area (Å²) in [6.07, 6.45) is -0.682. The molecule has 2 N–H and O–H groups in total. The van der Waals surface area contributed by atoms with Gasteiger partial charge in [0.1, 0.15) is 12.3 Å². The summed E-state index contributed by atoms with van der Waals surface area (Å²) in [5.74, 6) is -0.957. The Labute approximate surface area is 163 Å². The zero-order chi connectivity index (χ0) is 20.9. The number of nitrogens with one attached hydrogen (secondary N) is 2. The first-order valence-electron chi connectivity index (χ1n) is 9.22. The summed E-state index contributed by atoms with van der Waals surface area (Å²) in [5.41, 5.74) is 1.05. The van der Waals surface area contributed by atoms with E-state index in [1.807, 2.05) is 0 Å². The van der Waals surface area contributed by atoms with Gasteiger partial charge in [-0.2, -0.15) is 5.10 Å². The molecule has 0 saturated carbocycles. The number of hydrogen-bond acceptors (Lipinski definition) is 7. The second-order valence-corrected chi connectivity index (χ2v) is 7.39. The smallest absolute Gasteiger partial charge is 0.410 e. The van der Waals surface area contributed by atoms with Gasteiger partial charge in [-0.15, -0.1) is 0 Å². The lowest BCUT2D eigenvalue weighted by Gasteiger charge is -2.30. The fourth-order valence-corrected chi connectivity index (χ4v) is 2.61. The number of H-pyrrole nitrogens is 1. The van der Waals surface area contributed by atoms with Crippen molar-refractivity contribution in [3.63, 3.8) is 0 Å². The lowest BCUT2D eigenvalue weighted by Crippen LogP contribution is -2.40. The van der Waals surface area contributed by atoms with Gasteiger partial charge in [0, 0.05) is 24.2 Å². The molecule has 156 valence electrons. The lowest BCUT2D eigenvalue weighted by molar-refractivity contribution is -0.155. The number of carbonyl (C=O) groups is 3. The zero-order valence-electron chi connectivity index (χ0n) is 17.0. The molecule has 0 spiro atoms. The third kappa shape index (κ3) is 5.69. The molecule has 10 heteroatoms. The number of esters is 1. The minimum absolute atomic E-state index is 0.170. The highest BCUT2D eigenvalue weighted by atomic mass is 16.6. The van der Waals surface area contributed by atoms with E-state index in [0.29, 0.717) is 18.5 Å². The molecule has 0 bridgehead atoms. The number of nitrogens with zero attached hydrogens (tertiary/aromatic N) is 2. The van der Waals surface area contributed by atoms with Crippen molar-refractivity contribution in [1.82, 2.24) is 20.4 Å². The van der Waals surface area contributed by atoms with E-state index in [9.17, 15) is 14.4 Å². The van der Waals surface area contributed by atoms with E-state index in [-0.39, 0.29) is 25.6 Å². The maximum atomic E-state index is 12.4. The van der Waals surface area contributed by atoms with Gasteiger partial charge < -0.3 is 24.4 Å². The Kier molecular flexibility index (Phi) is 7.00. The highest BCUT2D eigenvalue weighted by molar-refractivity contribution is 5.94. The molecule has 0 radical (unpaired) electrons. The molecule has 1 unspecified atom stereocenters. The molecule has 0 fully saturated rings. The summed E-state index contributed by atoms with van der Waals surface area (Å²) in [6.45, 7) is 9.43. The molecule has 1 aromatic rings. The minimum Gasteiger partial charge on any atom is -0.464 e. The Morgan fingerprint density at radius 2 is 2.04 bits per heavy atom. The van der Waals surface area contributed by atoms with Crippen molar-refractivity contribution in [3.8, 4) is 0 Å². The third-order valence-electron chi connectivity index (χ3n) is 3.98. The Balaban J connectivity index is 1.94. The Hall–Kier alpha value is -2.62. The highest BCUT2D eigenvalue weighted by Crippen LogP contribution is 2.22. The predicted octanol–water partition coefficient (Wildman–Crippen LogP) is 1.36. The van der Waals surface area contributed by atoms with E-state index in [1.165, 1.54) is 0 Å². The minimum atomic E-state index is -0.795. The number of hydrogen-bond donors (Lipinski definition) is 2. The van der Waals surface area contributed by atoms with Gasteiger partial charge in [-0.1, -0.05) is 0 Å². The number of amides is 2. The molecular formula is C18H28N4O6. The van der Waals surface area contributed by atoms with Gasteiger partial charge in [0.05, 0.1) is 13.2 Å². The highest BCUT2D eigenvalue weighted by Gasteiger charge is 2.30. The van der Waals surface area contributed by atoms with Crippen molar-refractivity contribution >= 4 is 18.0 Å². The van der Waals surface area contributed by atoms with Gasteiger partial charge in [0.25, 0.3) is 5.91 Å². The van der Waals surface area contributed by atoms with Crippen molar-refractivity contribution in [1.29, 1.82) is 0 Å². The second kappa shape index (κ2) is 9.05. The fourth-order valence-electron chi connectivity index (χ4n) is 2.61. The topological polar surface area (TPSA) is 123 Å². The summed E-state index contributed by atoms with van der Waals surface area (Å²) in [4.78, 5) is 37.8. The van der Waals surface area contributed by atoms with E-state index in [0.717, 1.165) is 5.69 Å². The lowest BCUT2D eigenvalue weighted by atomic mass is 10.1. The van der Waals surface area contributed by atoms with E-state index in [4.69, 9.17) is 14.2 Å². The maximum absolute atomic E-state index is 12.4. The summed E-state index contributed by atoms with van der Waals surface area (Å²) in [5, 5.41) is 9.47. The molecule has 0 aromatic carbocycles. The molecule has 2 heterocycles. The van der Waals surface area contributed by atoms with Crippen LogP contribution >= 0.6 is 0 Å². The summed E-state index contributed by atoms with van der Waals surface area (Å²) in [7, 11) is 0. The fraction of sp³-hybridized carbons (Fsp3) is 0.667. The summed E-state index contributed by atoms with van der Waals surface area (Å²) >= 11 is 0. The molecule has 1 aliphatic rings. The molecule has 1 aliphatic heterocycles. The molecule has 1 aromatic heterocycles.